The van der Waals surface area contributed by atoms with E-state index in [0.29, 0.717) is 17.4 Å². The zero-order valence-electron chi connectivity index (χ0n) is 46.7. The van der Waals surface area contributed by atoms with Crippen molar-refractivity contribution < 1.29 is 32.9 Å². The SMILES string of the molecule is CC/C=C\C/C=C\C/C=C\C/C=C\CCCCCCCCCCCCCCCCCCCCCCC(=O)NC(COP(=O)([O-])OCC[N+](C)(C)C)C(O)/C=C/CCCCCCCCCCCCCCC. The first kappa shape index (κ1) is 68.2. The number of likely N-dealkylation sites (N-methyl/N-ethyl adjacent to an activating group) is 1. The van der Waals surface area contributed by atoms with Gasteiger partial charge < -0.3 is 28.8 Å². The van der Waals surface area contributed by atoms with Crippen molar-refractivity contribution in [3.63, 3.8) is 0 Å². The number of quaternary nitrogens is 1. The summed E-state index contributed by atoms with van der Waals surface area (Å²) in [6.45, 7) is 4.56. The first-order valence-corrected chi connectivity index (χ1v) is 31.1. The summed E-state index contributed by atoms with van der Waals surface area (Å²) >= 11 is 0. The van der Waals surface area contributed by atoms with Gasteiger partial charge in [0, 0.05) is 6.42 Å². The molecule has 3 atom stereocenters. The molecule has 0 heterocycles. The number of aliphatic hydroxyl groups excluding tert-OH is 1. The first-order valence-electron chi connectivity index (χ1n) is 29.7. The van der Waals surface area contributed by atoms with E-state index in [1.54, 1.807) is 6.08 Å². The molecule has 0 saturated carbocycles. The second kappa shape index (κ2) is 52.1. The molecule has 0 fully saturated rings. The molecule has 9 heteroatoms. The van der Waals surface area contributed by atoms with Gasteiger partial charge in [-0.1, -0.05) is 267 Å². The minimum Gasteiger partial charge on any atom is -0.756 e. The van der Waals surface area contributed by atoms with Crippen molar-refractivity contribution in [1.29, 1.82) is 0 Å². The summed E-state index contributed by atoms with van der Waals surface area (Å²) in [5.74, 6) is -0.195. The second-order valence-corrected chi connectivity index (χ2v) is 22.7. The number of phosphoric ester groups is 1. The van der Waals surface area contributed by atoms with Crippen LogP contribution in [0.4, 0.5) is 0 Å². The van der Waals surface area contributed by atoms with Crippen molar-refractivity contribution >= 4 is 13.7 Å². The molecule has 8 nitrogen and oxygen atoms in total. The molecule has 70 heavy (non-hydrogen) atoms. The van der Waals surface area contributed by atoms with Crippen LogP contribution in [0.3, 0.4) is 0 Å². The minimum atomic E-state index is -4.59. The van der Waals surface area contributed by atoms with Crippen molar-refractivity contribution in [3.8, 4) is 0 Å². The summed E-state index contributed by atoms with van der Waals surface area (Å²) in [6, 6.07) is -0.886. The Bertz CT molecular complexity index is 1320. The highest BCUT2D eigenvalue weighted by atomic mass is 31.2. The van der Waals surface area contributed by atoms with Crippen LogP contribution in [0.2, 0.25) is 0 Å². The summed E-state index contributed by atoms with van der Waals surface area (Å²) in [5.41, 5.74) is 0. The van der Waals surface area contributed by atoms with Gasteiger partial charge in [-0.25, -0.2) is 0 Å². The van der Waals surface area contributed by atoms with Crippen LogP contribution in [0.25, 0.3) is 0 Å². The number of phosphoric acid groups is 1. The second-order valence-electron chi connectivity index (χ2n) is 21.3. The lowest BCUT2D eigenvalue weighted by atomic mass is 10.0. The number of aliphatic hydroxyl groups is 1. The number of carbonyl (C=O) groups excluding carboxylic acids is 1. The molecule has 0 rings (SSSR count). The minimum absolute atomic E-state index is 0.000579. The zero-order chi connectivity index (χ0) is 51.3. The fraction of sp³-hybridized carbons (Fsp3) is 0.820. The molecular formula is C61H115N2O6P. The van der Waals surface area contributed by atoms with Gasteiger partial charge in [-0.05, 0) is 57.8 Å². The van der Waals surface area contributed by atoms with Gasteiger partial charge in [0.2, 0.25) is 5.91 Å². The van der Waals surface area contributed by atoms with Gasteiger partial charge in [0.25, 0.3) is 7.82 Å². The standard InChI is InChI=1S/C61H115N2O6P/c1-6-8-10-12-14-16-18-20-22-23-24-25-26-27-28-29-30-31-32-33-34-35-36-37-38-39-41-43-45-47-49-51-53-55-61(65)62-59(58-69-70(66,67)68-57-56-63(3,4)5)60(64)54-52-50-48-46-44-42-40-21-19-17-15-13-11-9-7-2/h8,10,14,16,20,22,24-25,52,54,59-60,64H,6-7,9,11-13,15,17-19,21,23,26-51,53,55-58H2,1-5H3,(H-,62,65,66,67)/b10-8-,16-14-,22-20-,25-24-,54-52+. The summed E-state index contributed by atoms with van der Waals surface area (Å²) in [4.78, 5) is 25.5. The van der Waals surface area contributed by atoms with Gasteiger partial charge in [-0.3, -0.25) is 9.36 Å². The van der Waals surface area contributed by atoms with Crippen LogP contribution in [0, 0.1) is 0 Å². The van der Waals surface area contributed by atoms with Gasteiger partial charge in [-0.15, -0.1) is 0 Å². The van der Waals surface area contributed by atoms with E-state index >= 15 is 0 Å². The summed E-state index contributed by atoms with van der Waals surface area (Å²) in [5, 5.41) is 13.9. The lowest BCUT2D eigenvalue weighted by Crippen LogP contribution is -2.45. The van der Waals surface area contributed by atoms with Gasteiger partial charge in [0.1, 0.15) is 13.2 Å². The molecule has 0 spiro atoms. The van der Waals surface area contributed by atoms with E-state index in [0.717, 1.165) is 64.2 Å². The molecule has 0 bridgehead atoms. The predicted octanol–water partition coefficient (Wildman–Crippen LogP) is 17.5. The molecule has 0 aliphatic rings. The average molecular weight is 1000 g/mol. The lowest BCUT2D eigenvalue weighted by Gasteiger charge is -2.29. The monoisotopic (exact) mass is 1000 g/mol. The van der Waals surface area contributed by atoms with E-state index in [1.165, 1.54) is 186 Å². The number of nitrogens with one attached hydrogen (secondary N) is 1. The van der Waals surface area contributed by atoms with Crippen LogP contribution in [0.15, 0.2) is 60.8 Å². The van der Waals surface area contributed by atoms with E-state index < -0.39 is 20.0 Å². The van der Waals surface area contributed by atoms with Crippen LogP contribution in [-0.4, -0.2) is 68.5 Å². The quantitative estimate of drug-likeness (QED) is 0.0272. The van der Waals surface area contributed by atoms with Crippen LogP contribution in [-0.2, 0) is 18.4 Å². The highest BCUT2D eigenvalue weighted by molar-refractivity contribution is 7.45. The summed E-state index contributed by atoms with van der Waals surface area (Å²) in [7, 11) is 1.27. The maximum absolute atomic E-state index is 13.0. The Hall–Kier alpha value is -1.80. The molecule has 3 unspecified atom stereocenters. The molecule has 0 saturated heterocycles. The van der Waals surface area contributed by atoms with E-state index in [9.17, 15) is 19.4 Å². The lowest BCUT2D eigenvalue weighted by molar-refractivity contribution is -0.870. The molecule has 410 valence electrons. The maximum atomic E-state index is 13.0. The third kappa shape index (κ3) is 54.0. The summed E-state index contributed by atoms with van der Waals surface area (Å²) in [6.07, 6.45) is 70.2. The van der Waals surface area contributed by atoms with Gasteiger partial charge in [-0.2, -0.15) is 0 Å². The number of unbranched alkanes of at least 4 members (excludes halogenated alkanes) is 33. The maximum Gasteiger partial charge on any atom is 0.268 e. The topological polar surface area (TPSA) is 108 Å². The molecular weight excluding hydrogens is 888 g/mol. The van der Waals surface area contributed by atoms with Gasteiger partial charge in [0.15, 0.2) is 0 Å². The van der Waals surface area contributed by atoms with Crippen molar-refractivity contribution in [2.45, 2.75) is 283 Å². The van der Waals surface area contributed by atoms with E-state index in [-0.39, 0.29) is 19.1 Å². The fourth-order valence-electron chi connectivity index (χ4n) is 8.62. The van der Waals surface area contributed by atoms with Crippen LogP contribution in [0.5, 0.6) is 0 Å². The molecule has 0 aromatic rings. The predicted molar refractivity (Wildman–Crippen MR) is 302 cm³/mol. The molecule has 2 N–H and O–H groups in total. The van der Waals surface area contributed by atoms with E-state index in [1.807, 2.05) is 27.2 Å². The van der Waals surface area contributed by atoms with Crippen molar-refractivity contribution in [2.24, 2.45) is 0 Å². The molecule has 0 aromatic heterocycles. The molecule has 1 amide bonds. The summed E-state index contributed by atoms with van der Waals surface area (Å²) < 4.78 is 23.3. The third-order valence-corrected chi connectivity index (χ3v) is 14.2. The number of carbonyl (C=O) groups is 1. The molecule has 0 aromatic carbocycles. The van der Waals surface area contributed by atoms with Gasteiger partial charge in [0.05, 0.1) is 39.9 Å². The van der Waals surface area contributed by atoms with Crippen LogP contribution in [0.1, 0.15) is 271 Å². The Morgan fingerprint density at radius 3 is 1.27 bits per heavy atom. The fourth-order valence-corrected chi connectivity index (χ4v) is 9.34. The number of amides is 1. The van der Waals surface area contributed by atoms with E-state index in [4.69, 9.17) is 9.05 Å². The molecule has 0 aliphatic carbocycles. The largest absolute Gasteiger partial charge is 0.756 e. The van der Waals surface area contributed by atoms with E-state index in [2.05, 4.69) is 67.8 Å². The zero-order valence-corrected chi connectivity index (χ0v) is 47.6. The Labute approximate surface area is 434 Å². The number of rotatable bonds is 54. The molecule has 0 aliphatic heterocycles. The smallest absolute Gasteiger partial charge is 0.268 e. The number of allylic oxidation sites excluding steroid dienone is 9. The average Bonchev–Trinajstić information content (AvgIpc) is 3.32. The van der Waals surface area contributed by atoms with Crippen LogP contribution >= 0.6 is 7.82 Å². The van der Waals surface area contributed by atoms with Crippen molar-refractivity contribution in [3.05, 3.63) is 60.8 Å². The third-order valence-electron chi connectivity index (χ3n) is 13.2. The number of hydrogen-bond donors (Lipinski definition) is 2. The Morgan fingerprint density at radius 1 is 0.514 bits per heavy atom. The number of nitrogens with zero attached hydrogens (tertiary/aromatic N) is 1. The highest BCUT2D eigenvalue weighted by Crippen LogP contribution is 2.38. The Kier molecular flexibility index (Phi) is 50.7. The Morgan fingerprint density at radius 2 is 0.871 bits per heavy atom. The van der Waals surface area contributed by atoms with Crippen LogP contribution < -0.4 is 10.2 Å². The van der Waals surface area contributed by atoms with Crippen molar-refractivity contribution in [1.82, 2.24) is 5.32 Å². The Balaban J connectivity index is 4.03. The molecule has 0 radical (unpaired) electrons. The first-order chi connectivity index (χ1) is 34.0. The number of hydrogen-bond acceptors (Lipinski definition) is 6. The normalized spacial score (nSPS) is 14.3. The highest BCUT2D eigenvalue weighted by Gasteiger charge is 2.23. The van der Waals surface area contributed by atoms with Crippen molar-refractivity contribution in [2.75, 3.05) is 40.9 Å². The van der Waals surface area contributed by atoms with Gasteiger partial charge >= 0.3 is 0 Å².